The highest BCUT2D eigenvalue weighted by Gasteiger charge is 2.34. The molecule has 0 aliphatic carbocycles. The van der Waals surface area contributed by atoms with E-state index in [1.165, 1.54) is 17.4 Å². The van der Waals surface area contributed by atoms with Crippen molar-refractivity contribution in [1.82, 2.24) is 0 Å². The molecule has 6 heteroatoms. The maximum Gasteiger partial charge on any atom is 0.304 e. The van der Waals surface area contributed by atoms with Crippen LogP contribution in [0.5, 0.6) is 0 Å². The van der Waals surface area contributed by atoms with E-state index in [2.05, 4.69) is 18.7 Å². The molecular weight excluding hydrogens is 264 g/mol. The molecule has 0 saturated carbocycles. The van der Waals surface area contributed by atoms with E-state index in [1.54, 1.807) is 6.92 Å². The summed E-state index contributed by atoms with van der Waals surface area (Å²) in [6, 6.07) is 1.87. The summed E-state index contributed by atoms with van der Waals surface area (Å²) in [4.78, 5) is 13.7. The predicted octanol–water partition coefficient (Wildman–Crippen LogP) is 3.33. The summed E-state index contributed by atoms with van der Waals surface area (Å²) in [6.07, 6.45) is 1.50. The van der Waals surface area contributed by atoms with E-state index in [0.29, 0.717) is 21.8 Å². The van der Waals surface area contributed by atoms with Crippen LogP contribution in [0.4, 0.5) is 10.7 Å². The average molecular weight is 284 g/mol. The molecule has 1 aromatic heterocycles. The van der Waals surface area contributed by atoms with Gasteiger partial charge in [-0.25, -0.2) is 0 Å². The molecule has 1 unspecified atom stereocenters. The largest absolute Gasteiger partial charge is 0.388 e. The summed E-state index contributed by atoms with van der Waals surface area (Å²) >= 11 is 1.35. The second-order valence-corrected chi connectivity index (χ2v) is 6.48. The zero-order valence-corrected chi connectivity index (χ0v) is 12.3. The van der Waals surface area contributed by atoms with Crippen LogP contribution in [-0.2, 0) is 0 Å². The van der Waals surface area contributed by atoms with Crippen molar-refractivity contribution in [2.24, 2.45) is 5.92 Å². The number of hydrogen-bond donors (Lipinski definition) is 1. The van der Waals surface area contributed by atoms with Crippen molar-refractivity contribution in [1.29, 1.82) is 0 Å². The minimum absolute atomic E-state index is 0.133. The number of thiophene rings is 1. The number of aliphatic hydroxyl groups excluding tert-OH is 1. The van der Waals surface area contributed by atoms with Crippen LogP contribution < -0.4 is 4.90 Å². The maximum absolute atomic E-state index is 11.2. The lowest BCUT2D eigenvalue weighted by atomic mass is 10.0. The Morgan fingerprint density at radius 2 is 2.21 bits per heavy atom. The highest BCUT2D eigenvalue weighted by atomic mass is 32.1. The van der Waals surface area contributed by atoms with Crippen molar-refractivity contribution in [3.05, 3.63) is 21.1 Å². The summed E-state index contributed by atoms with van der Waals surface area (Å²) in [5, 5.41) is 21.5. The highest BCUT2D eigenvalue weighted by Crippen LogP contribution is 2.43. The van der Waals surface area contributed by atoms with Crippen LogP contribution in [0.2, 0.25) is 0 Å². The van der Waals surface area contributed by atoms with Gasteiger partial charge in [0.05, 0.1) is 11.0 Å². The van der Waals surface area contributed by atoms with Crippen LogP contribution in [0, 0.1) is 16.0 Å². The van der Waals surface area contributed by atoms with Gasteiger partial charge < -0.3 is 10.0 Å². The molecule has 5 nitrogen and oxygen atoms in total. The molecule has 19 heavy (non-hydrogen) atoms. The van der Waals surface area contributed by atoms with Crippen molar-refractivity contribution in [3.8, 4) is 0 Å². The Labute approximate surface area is 117 Å². The van der Waals surface area contributed by atoms with Gasteiger partial charge in [-0.05, 0) is 25.7 Å². The molecule has 1 aliphatic heterocycles. The first-order valence-electron chi connectivity index (χ1n) is 6.64. The smallest absolute Gasteiger partial charge is 0.304 e. The van der Waals surface area contributed by atoms with E-state index in [1.807, 2.05) is 0 Å². The standard InChI is InChI=1S/C13H20N2O3S/c1-8(2)10-5-4-6-14(10)13-11(15(17)18)7-12(19-13)9(3)16/h7-10,16H,4-6H2,1-3H3/t9-,10?/m1/s1. The van der Waals surface area contributed by atoms with E-state index in [9.17, 15) is 15.2 Å². The molecule has 0 radical (unpaired) electrons. The fourth-order valence-electron chi connectivity index (χ4n) is 2.67. The van der Waals surface area contributed by atoms with E-state index >= 15 is 0 Å². The molecule has 1 N–H and O–H groups in total. The second kappa shape index (κ2) is 5.46. The Kier molecular flexibility index (Phi) is 4.10. The Morgan fingerprint density at radius 3 is 2.74 bits per heavy atom. The molecule has 2 atom stereocenters. The van der Waals surface area contributed by atoms with Crippen LogP contribution in [0.25, 0.3) is 0 Å². The first-order valence-corrected chi connectivity index (χ1v) is 7.46. The van der Waals surface area contributed by atoms with E-state index in [-0.39, 0.29) is 10.6 Å². The van der Waals surface area contributed by atoms with Crippen LogP contribution in [0.1, 0.15) is 44.6 Å². The molecule has 2 heterocycles. The zero-order chi connectivity index (χ0) is 14.2. The van der Waals surface area contributed by atoms with Gasteiger partial charge in [0, 0.05) is 23.5 Å². The Hall–Kier alpha value is -1.14. The quantitative estimate of drug-likeness (QED) is 0.680. The van der Waals surface area contributed by atoms with Gasteiger partial charge in [0.25, 0.3) is 0 Å². The molecule has 1 aromatic rings. The number of aliphatic hydroxyl groups is 1. The van der Waals surface area contributed by atoms with Crippen LogP contribution in [-0.4, -0.2) is 22.6 Å². The van der Waals surface area contributed by atoms with Gasteiger partial charge >= 0.3 is 5.69 Å². The summed E-state index contributed by atoms with van der Waals surface area (Å²) in [5.74, 6) is 0.471. The molecule has 0 aromatic carbocycles. The number of nitro groups is 1. The SMILES string of the molecule is CC(C)C1CCCN1c1sc([C@@H](C)O)cc1[N+](=O)[O-]. The van der Waals surface area contributed by atoms with Gasteiger partial charge in [-0.2, -0.15) is 0 Å². The second-order valence-electron chi connectivity index (χ2n) is 5.42. The Bertz CT molecular complexity index is 470. The minimum Gasteiger partial charge on any atom is -0.388 e. The summed E-state index contributed by atoms with van der Waals surface area (Å²) in [6.45, 7) is 6.81. The van der Waals surface area contributed by atoms with Crippen LogP contribution in [0.3, 0.4) is 0 Å². The number of rotatable bonds is 4. The van der Waals surface area contributed by atoms with Crippen molar-refractivity contribution in [3.63, 3.8) is 0 Å². The van der Waals surface area contributed by atoms with Crippen molar-refractivity contribution < 1.29 is 10.0 Å². The van der Waals surface area contributed by atoms with E-state index in [0.717, 1.165) is 19.4 Å². The fourth-order valence-corrected chi connectivity index (χ4v) is 3.82. The molecule has 0 amide bonds. The molecular formula is C13H20N2O3S. The fraction of sp³-hybridized carbons (Fsp3) is 0.692. The third kappa shape index (κ3) is 2.74. The first-order chi connectivity index (χ1) is 8.91. The molecule has 1 saturated heterocycles. The summed E-state index contributed by atoms with van der Waals surface area (Å²) in [5.41, 5.74) is 0.133. The van der Waals surface area contributed by atoms with E-state index < -0.39 is 6.10 Å². The summed E-state index contributed by atoms with van der Waals surface area (Å²) in [7, 11) is 0. The Balaban J connectivity index is 2.40. The highest BCUT2D eigenvalue weighted by molar-refractivity contribution is 7.16. The molecule has 0 spiro atoms. The van der Waals surface area contributed by atoms with Gasteiger partial charge in [0.2, 0.25) is 0 Å². The number of hydrogen-bond acceptors (Lipinski definition) is 5. The third-order valence-electron chi connectivity index (χ3n) is 3.65. The molecule has 1 fully saturated rings. The molecule has 106 valence electrons. The van der Waals surface area contributed by atoms with Gasteiger partial charge in [-0.3, -0.25) is 10.1 Å². The monoisotopic (exact) mass is 284 g/mol. The van der Waals surface area contributed by atoms with Crippen molar-refractivity contribution >= 4 is 22.0 Å². The number of anilines is 1. The molecule has 1 aliphatic rings. The lowest BCUT2D eigenvalue weighted by molar-refractivity contribution is -0.383. The Morgan fingerprint density at radius 1 is 1.53 bits per heavy atom. The number of nitrogens with zero attached hydrogens (tertiary/aromatic N) is 2. The van der Waals surface area contributed by atoms with Gasteiger partial charge in [-0.1, -0.05) is 13.8 Å². The normalized spacial score (nSPS) is 21.1. The third-order valence-corrected chi connectivity index (χ3v) is 4.98. The lowest BCUT2D eigenvalue weighted by Gasteiger charge is -2.27. The van der Waals surface area contributed by atoms with Crippen molar-refractivity contribution in [2.75, 3.05) is 11.4 Å². The van der Waals surface area contributed by atoms with Gasteiger partial charge in [-0.15, -0.1) is 11.3 Å². The molecule has 2 rings (SSSR count). The average Bonchev–Trinajstić information content (AvgIpc) is 2.95. The summed E-state index contributed by atoms with van der Waals surface area (Å²) < 4.78 is 0. The topological polar surface area (TPSA) is 66.6 Å². The van der Waals surface area contributed by atoms with Crippen LogP contribution >= 0.6 is 11.3 Å². The first kappa shape index (κ1) is 14.3. The molecule has 0 bridgehead atoms. The zero-order valence-electron chi connectivity index (χ0n) is 11.5. The minimum atomic E-state index is -0.655. The van der Waals surface area contributed by atoms with Gasteiger partial charge in [0.1, 0.15) is 0 Å². The lowest BCUT2D eigenvalue weighted by Crippen LogP contribution is -2.33. The predicted molar refractivity (Wildman–Crippen MR) is 76.8 cm³/mol. The van der Waals surface area contributed by atoms with Crippen molar-refractivity contribution in [2.45, 2.75) is 45.8 Å². The van der Waals surface area contributed by atoms with Gasteiger partial charge in [0.15, 0.2) is 5.00 Å². The van der Waals surface area contributed by atoms with Crippen LogP contribution in [0.15, 0.2) is 6.07 Å². The maximum atomic E-state index is 11.2. The van der Waals surface area contributed by atoms with E-state index in [4.69, 9.17) is 0 Å².